The number of rotatable bonds is 8. The van der Waals surface area contributed by atoms with Gasteiger partial charge >= 0.3 is 0 Å². The summed E-state index contributed by atoms with van der Waals surface area (Å²) >= 11 is 0. The number of nitrogens with one attached hydrogen (secondary N) is 2. The monoisotopic (exact) mass is 281 g/mol. The summed E-state index contributed by atoms with van der Waals surface area (Å²) in [5.41, 5.74) is 0. The fourth-order valence-corrected chi connectivity index (χ4v) is 1.53. The quantitative estimate of drug-likeness (QED) is 0.738. The average Bonchev–Trinajstić information content (AvgIpc) is 2.44. The second-order valence-electron chi connectivity index (χ2n) is 4.28. The topological polar surface area (TPSA) is 79.4 Å². The molecule has 0 saturated carbocycles. The molecule has 1 rings (SSSR count). The fraction of sp³-hybridized carbons (Fsp3) is 0.615. The number of aromatic nitrogens is 2. The van der Waals surface area contributed by atoms with E-state index in [0.29, 0.717) is 30.6 Å². The summed E-state index contributed by atoms with van der Waals surface area (Å²) in [7, 11) is 3.36. The first-order valence-corrected chi connectivity index (χ1v) is 6.69. The highest BCUT2D eigenvalue weighted by Crippen LogP contribution is 2.11. The van der Waals surface area contributed by atoms with Gasteiger partial charge in [-0.05, 0) is 13.8 Å². The summed E-state index contributed by atoms with van der Waals surface area (Å²) in [6.07, 6.45) is 0. The SMILES string of the molecule is CCNc1cc(NCC(=O)N(C)CC)nc(COC)n1. The minimum absolute atomic E-state index is 0.0180. The van der Waals surface area contributed by atoms with Crippen LogP contribution in [0.5, 0.6) is 0 Å². The molecule has 7 nitrogen and oxygen atoms in total. The van der Waals surface area contributed by atoms with Gasteiger partial charge in [-0.2, -0.15) is 0 Å². The largest absolute Gasteiger partial charge is 0.377 e. The van der Waals surface area contributed by atoms with E-state index >= 15 is 0 Å². The second-order valence-corrected chi connectivity index (χ2v) is 4.28. The van der Waals surface area contributed by atoms with E-state index in [-0.39, 0.29) is 12.5 Å². The molecule has 0 bridgehead atoms. The van der Waals surface area contributed by atoms with E-state index in [0.717, 1.165) is 6.54 Å². The highest BCUT2D eigenvalue weighted by Gasteiger charge is 2.08. The number of carbonyl (C=O) groups is 1. The number of hydrogen-bond donors (Lipinski definition) is 2. The molecule has 20 heavy (non-hydrogen) atoms. The van der Waals surface area contributed by atoms with Crippen LogP contribution in [0, 0.1) is 0 Å². The van der Waals surface area contributed by atoms with Crippen molar-refractivity contribution < 1.29 is 9.53 Å². The van der Waals surface area contributed by atoms with Crippen LogP contribution in [0.25, 0.3) is 0 Å². The number of amides is 1. The molecule has 0 saturated heterocycles. The lowest BCUT2D eigenvalue weighted by Gasteiger charge is -2.15. The Morgan fingerprint density at radius 3 is 2.50 bits per heavy atom. The van der Waals surface area contributed by atoms with Gasteiger partial charge in [-0.3, -0.25) is 4.79 Å². The van der Waals surface area contributed by atoms with Gasteiger partial charge in [0.05, 0.1) is 6.54 Å². The maximum Gasteiger partial charge on any atom is 0.241 e. The molecule has 1 aromatic heterocycles. The third-order valence-corrected chi connectivity index (χ3v) is 2.72. The van der Waals surface area contributed by atoms with Crippen LogP contribution in [-0.2, 0) is 16.1 Å². The zero-order chi connectivity index (χ0) is 15.0. The van der Waals surface area contributed by atoms with Crippen molar-refractivity contribution in [3.63, 3.8) is 0 Å². The zero-order valence-corrected chi connectivity index (χ0v) is 12.6. The van der Waals surface area contributed by atoms with Crippen LogP contribution in [0.3, 0.4) is 0 Å². The molecule has 7 heteroatoms. The third kappa shape index (κ3) is 5.00. The summed E-state index contributed by atoms with van der Waals surface area (Å²) in [5.74, 6) is 1.92. The predicted octanol–water partition coefficient (Wildman–Crippen LogP) is 0.945. The predicted molar refractivity (Wildman–Crippen MR) is 78.7 cm³/mol. The number of anilines is 2. The van der Waals surface area contributed by atoms with E-state index in [1.54, 1.807) is 25.1 Å². The Morgan fingerprint density at radius 1 is 1.30 bits per heavy atom. The highest BCUT2D eigenvalue weighted by molar-refractivity contribution is 5.80. The molecule has 0 aliphatic heterocycles. The van der Waals surface area contributed by atoms with Gasteiger partial charge < -0.3 is 20.3 Å². The van der Waals surface area contributed by atoms with E-state index < -0.39 is 0 Å². The first-order valence-electron chi connectivity index (χ1n) is 6.69. The van der Waals surface area contributed by atoms with Gasteiger partial charge in [0.1, 0.15) is 18.2 Å². The van der Waals surface area contributed by atoms with Crippen LogP contribution in [0.4, 0.5) is 11.6 Å². The van der Waals surface area contributed by atoms with Crippen molar-refractivity contribution in [2.75, 3.05) is 44.4 Å². The van der Waals surface area contributed by atoms with Crippen LogP contribution in [0.2, 0.25) is 0 Å². The molecule has 2 N–H and O–H groups in total. The van der Waals surface area contributed by atoms with Gasteiger partial charge in [0.2, 0.25) is 5.91 Å². The maximum atomic E-state index is 11.7. The molecule has 0 aliphatic carbocycles. The summed E-state index contributed by atoms with van der Waals surface area (Å²) in [6.45, 7) is 5.91. The van der Waals surface area contributed by atoms with Crippen LogP contribution >= 0.6 is 0 Å². The molecule has 0 aliphatic rings. The Kier molecular flexibility index (Phi) is 6.72. The first kappa shape index (κ1) is 16.2. The van der Waals surface area contributed by atoms with Gasteiger partial charge in [-0.15, -0.1) is 0 Å². The summed E-state index contributed by atoms with van der Waals surface area (Å²) < 4.78 is 5.04. The van der Waals surface area contributed by atoms with Crippen molar-refractivity contribution in [3.05, 3.63) is 11.9 Å². The van der Waals surface area contributed by atoms with Gasteiger partial charge in [0.15, 0.2) is 5.82 Å². The Bertz CT molecular complexity index is 415. The second kappa shape index (κ2) is 8.31. The summed E-state index contributed by atoms with van der Waals surface area (Å²) in [6, 6.07) is 1.78. The molecule has 112 valence electrons. The number of nitrogens with zero attached hydrogens (tertiary/aromatic N) is 3. The molecule has 0 atom stereocenters. The number of carbonyl (C=O) groups excluding carboxylic acids is 1. The average molecular weight is 281 g/mol. The van der Waals surface area contributed by atoms with E-state index in [1.165, 1.54) is 0 Å². The number of methoxy groups -OCH3 is 1. The lowest BCUT2D eigenvalue weighted by atomic mass is 10.4. The van der Waals surface area contributed by atoms with Gasteiger partial charge in [-0.1, -0.05) is 0 Å². The maximum absolute atomic E-state index is 11.7. The Hall–Kier alpha value is -1.89. The number of ether oxygens (including phenoxy) is 1. The first-order chi connectivity index (χ1) is 9.60. The molecule has 0 spiro atoms. The van der Waals surface area contributed by atoms with Gasteiger partial charge in [0.25, 0.3) is 0 Å². The number of likely N-dealkylation sites (N-methyl/N-ethyl adjacent to an activating group) is 1. The van der Waals surface area contributed by atoms with Gasteiger partial charge in [-0.25, -0.2) is 9.97 Å². The van der Waals surface area contributed by atoms with Gasteiger partial charge in [0, 0.05) is 33.3 Å². The van der Waals surface area contributed by atoms with Crippen LogP contribution < -0.4 is 10.6 Å². The zero-order valence-electron chi connectivity index (χ0n) is 12.6. The molecular weight excluding hydrogens is 258 g/mol. The van der Waals surface area contributed by atoms with E-state index in [1.807, 2.05) is 13.8 Å². The molecule has 0 aromatic carbocycles. The summed E-state index contributed by atoms with van der Waals surface area (Å²) in [4.78, 5) is 22.0. The van der Waals surface area contributed by atoms with Crippen molar-refractivity contribution in [1.29, 1.82) is 0 Å². The van der Waals surface area contributed by atoms with Crippen molar-refractivity contribution in [3.8, 4) is 0 Å². The Labute approximate surface area is 119 Å². The fourth-order valence-electron chi connectivity index (χ4n) is 1.53. The van der Waals surface area contributed by atoms with E-state index in [9.17, 15) is 4.79 Å². The minimum Gasteiger partial charge on any atom is -0.377 e. The third-order valence-electron chi connectivity index (χ3n) is 2.72. The summed E-state index contributed by atoms with van der Waals surface area (Å²) in [5, 5.41) is 6.15. The molecule has 1 amide bonds. The lowest BCUT2D eigenvalue weighted by molar-refractivity contribution is -0.127. The molecule has 1 aromatic rings. The molecule has 0 radical (unpaired) electrons. The molecule has 1 heterocycles. The molecular formula is C13H23N5O2. The number of hydrogen-bond acceptors (Lipinski definition) is 6. The lowest BCUT2D eigenvalue weighted by Crippen LogP contribution is -2.32. The standard InChI is InChI=1S/C13H23N5O2/c1-5-14-10-7-11(17-12(16-10)9-20-4)15-8-13(19)18(3)6-2/h7H,5-6,8-9H2,1-4H3,(H2,14,15,16,17). The van der Waals surface area contributed by atoms with E-state index in [2.05, 4.69) is 20.6 Å². The Morgan fingerprint density at radius 2 is 1.95 bits per heavy atom. The van der Waals surface area contributed by atoms with Crippen molar-refractivity contribution in [2.45, 2.75) is 20.5 Å². The van der Waals surface area contributed by atoms with E-state index in [4.69, 9.17) is 4.74 Å². The molecule has 0 fully saturated rings. The normalized spacial score (nSPS) is 10.2. The van der Waals surface area contributed by atoms with Crippen molar-refractivity contribution in [2.24, 2.45) is 0 Å². The Balaban J connectivity index is 2.74. The molecule has 0 unspecified atom stereocenters. The van der Waals surface area contributed by atoms with Crippen LogP contribution in [0.1, 0.15) is 19.7 Å². The minimum atomic E-state index is 0.0180. The van der Waals surface area contributed by atoms with Crippen LogP contribution in [-0.4, -0.2) is 54.6 Å². The highest BCUT2D eigenvalue weighted by atomic mass is 16.5. The smallest absolute Gasteiger partial charge is 0.241 e. The van der Waals surface area contributed by atoms with Crippen molar-refractivity contribution in [1.82, 2.24) is 14.9 Å². The van der Waals surface area contributed by atoms with Crippen molar-refractivity contribution >= 4 is 17.5 Å². The van der Waals surface area contributed by atoms with Crippen LogP contribution in [0.15, 0.2) is 6.07 Å².